The van der Waals surface area contributed by atoms with Gasteiger partial charge in [-0.3, -0.25) is 9.59 Å². The summed E-state index contributed by atoms with van der Waals surface area (Å²) >= 11 is 0. The maximum Gasteiger partial charge on any atom is 0.306 e. The van der Waals surface area contributed by atoms with Gasteiger partial charge in [0, 0.05) is 5.92 Å². The second-order valence-corrected chi connectivity index (χ2v) is 12.0. The standard InChI is InChI=1S/C27H42O4/c1-16(6-5-7-17(2)25(30)31)20-8-9-21-24-22(11-13-27(20,21)4)26(3)12-10-19(28)14-18(26)15-23(24)29/h15-17,19-22,24,28H,5-14H2,1-4H3,(H,30,31)/t16-,17?,19?,20-,21+,22+,24+,26+,27-/m1/s1. The monoisotopic (exact) mass is 430 g/mol. The van der Waals surface area contributed by atoms with Gasteiger partial charge in [0.2, 0.25) is 0 Å². The van der Waals surface area contributed by atoms with Crippen molar-refractivity contribution in [3.8, 4) is 0 Å². The summed E-state index contributed by atoms with van der Waals surface area (Å²) in [5, 5.41) is 19.3. The zero-order valence-electron chi connectivity index (χ0n) is 19.9. The van der Waals surface area contributed by atoms with Crippen molar-refractivity contribution >= 4 is 11.8 Å². The minimum atomic E-state index is -0.689. The molecule has 2 unspecified atom stereocenters. The van der Waals surface area contributed by atoms with Crippen molar-refractivity contribution in [2.45, 2.75) is 98.0 Å². The predicted molar refractivity (Wildman–Crippen MR) is 121 cm³/mol. The molecule has 4 heteroatoms. The van der Waals surface area contributed by atoms with Crippen LogP contribution in [0.3, 0.4) is 0 Å². The smallest absolute Gasteiger partial charge is 0.306 e. The van der Waals surface area contributed by atoms with E-state index in [9.17, 15) is 14.7 Å². The summed E-state index contributed by atoms with van der Waals surface area (Å²) in [6.45, 7) is 9.00. The molecule has 0 bridgehead atoms. The van der Waals surface area contributed by atoms with Crippen molar-refractivity contribution in [3.05, 3.63) is 11.6 Å². The van der Waals surface area contributed by atoms with Gasteiger partial charge in [0.15, 0.2) is 5.78 Å². The third-order valence-electron chi connectivity index (χ3n) is 10.4. The van der Waals surface area contributed by atoms with E-state index in [4.69, 9.17) is 5.11 Å². The summed E-state index contributed by atoms with van der Waals surface area (Å²) in [4.78, 5) is 24.5. The van der Waals surface area contributed by atoms with Crippen LogP contribution in [-0.2, 0) is 9.59 Å². The maximum absolute atomic E-state index is 13.4. The fourth-order valence-corrected chi connectivity index (χ4v) is 8.43. The number of hydrogen-bond acceptors (Lipinski definition) is 3. The minimum absolute atomic E-state index is 0.0931. The van der Waals surface area contributed by atoms with Crippen molar-refractivity contribution in [2.75, 3.05) is 0 Å². The molecule has 4 aliphatic rings. The molecule has 2 N–H and O–H groups in total. The Labute approximate surface area is 187 Å². The molecular weight excluding hydrogens is 388 g/mol. The first-order chi connectivity index (χ1) is 14.6. The highest BCUT2D eigenvalue weighted by molar-refractivity contribution is 5.94. The average molecular weight is 431 g/mol. The van der Waals surface area contributed by atoms with Gasteiger partial charge >= 0.3 is 5.97 Å². The van der Waals surface area contributed by atoms with Crippen LogP contribution in [0.1, 0.15) is 91.9 Å². The number of aliphatic carboxylic acids is 1. The number of aliphatic hydroxyl groups is 1. The summed E-state index contributed by atoms with van der Waals surface area (Å²) in [5.41, 5.74) is 1.54. The summed E-state index contributed by atoms with van der Waals surface area (Å²) in [6, 6.07) is 0. The number of hydrogen-bond donors (Lipinski definition) is 2. The van der Waals surface area contributed by atoms with Crippen LogP contribution in [0.5, 0.6) is 0 Å². The molecule has 0 saturated heterocycles. The van der Waals surface area contributed by atoms with Crippen molar-refractivity contribution < 1.29 is 19.8 Å². The van der Waals surface area contributed by atoms with E-state index >= 15 is 0 Å². The van der Waals surface area contributed by atoms with Gasteiger partial charge in [-0.05, 0) is 91.9 Å². The third kappa shape index (κ3) is 3.81. The Kier molecular flexibility index (Phi) is 6.17. The fourth-order valence-electron chi connectivity index (χ4n) is 8.43. The van der Waals surface area contributed by atoms with Crippen molar-refractivity contribution in [2.24, 2.45) is 46.3 Å². The highest BCUT2D eigenvalue weighted by Gasteiger charge is 2.61. The first-order valence-electron chi connectivity index (χ1n) is 12.7. The van der Waals surface area contributed by atoms with Gasteiger partial charge in [-0.2, -0.15) is 0 Å². The van der Waals surface area contributed by atoms with Crippen molar-refractivity contribution in [1.29, 1.82) is 0 Å². The Morgan fingerprint density at radius 1 is 1.10 bits per heavy atom. The SMILES string of the molecule is CC(CCC[C@@H](C)[C@H]1CC[C@H]2[C@@H]3C(=O)C=C4CC(O)CC[C@]4(C)[C@H]3CC[C@]12C)C(=O)O. The number of rotatable bonds is 6. The summed E-state index contributed by atoms with van der Waals surface area (Å²) in [6.07, 6.45) is 11.7. The van der Waals surface area contributed by atoms with E-state index in [1.54, 1.807) is 0 Å². The van der Waals surface area contributed by atoms with Crippen LogP contribution in [-0.4, -0.2) is 28.1 Å². The zero-order valence-corrected chi connectivity index (χ0v) is 19.9. The number of allylic oxidation sites excluding steroid dienone is 1. The van der Waals surface area contributed by atoms with E-state index < -0.39 is 5.97 Å². The number of carbonyl (C=O) groups excluding carboxylic acids is 1. The van der Waals surface area contributed by atoms with Crippen LogP contribution in [0.2, 0.25) is 0 Å². The van der Waals surface area contributed by atoms with Crippen LogP contribution in [0, 0.1) is 46.3 Å². The number of ketones is 1. The largest absolute Gasteiger partial charge is 0.481 e. The lowest BCUT2D eigenvalue weighted by Gasteiger charge is -2.57. The molecule has 0 radical (unpaired) electrons. The van der Waals surface area contributed by atoms with E-state index in [0.29, 0.717) is 35.9 Å². The van der Waals surface area contributed by atoms with E-state index in [0.717, 1.165) is 44.9 Å². The Bertz CT molecular complexity index is 756. The van der Waals surface area contributed by atoms with Crippen molar-refractivity contribution in [3.63, 3.8) is 0 Å². The van der Waals surface area contributed by atoms with Crippen LogP contribution in [0.25, 0.3) is 0 Å². The molecule has 0 aromatic rings. The second-order valence-electron chi connectivity index (χ2n) is 12.0. The zero-order chi connectivity index (χ0) is 22.6. The lowest BCUT2D eigenvalue weighted by molar-refractivity contribution is -0.141. The van der Waals surface area contributed by atoms with E-state index in [1.807, 2.05) is 13.0 Å². The molecule has 3 saturated carbocycles. The predicted octanol–water partition coefficient (Wildman–Crippen LogP) is 5.63. The van der Waals surface area contributed by atoms with Gasteiger partial charge in [0.1, 0.15) is 0 Å². The Hall–Kier alpha value is -1.16. The van der Waals surface area contributed by atoms with Gasteiger partial charge in [0.05, 0.1) is 12.0 Å². The molecule has 4 aliphatic carbocycles. The number of carboxylic acid groups (broad SMARTS) is 1. The molecule has 0 aromatic heterocycles. The quantitative estimate of drug-likeness (QED) is 0.572. The molecule has 0 aliphatic heterocycles. The summed E-state index contributed by atoms with van der Waals surface area (Å²) in [7, 11) is 0. The van der Waals surface area contributed by atoms with Gasteiger partial charge in [-0.1, -0.05) is 46.1 Å². The Morgan fingerprint density at radius 2 is 1.84 bits per heavy atom. The molecule has 4 nitrogen and oxygen atoms in total. The lowest BCUT2D eigenvalue weighted by atomic mass is 9.46. The normalized spacial score (nSPS) is 44.0. The van der Waals surface area contributed by atoms with Crippen molar-refractivity contribution in [1.82, 2.24) is 0 Å². The molecule has 0 spiro atoms. The highest BCUT2D eigenvalue weighted by Crippen LogP contribution is 2.66. The number of carbonyl (C=O) groups is 2. The molecule has 4 rings (SSSR count). The average Bonchev–Trinajstić information content (AvgIpc) is 3.06. The lowest BCUT2D eigenvalue weighted by Crippen LogP contribution is -2.53. The van der Waals surface area contributed by atoms with Crippen LogP contribution in [0.4, 0.5) is 0 Å². The van der Waals surface area contributed by atoms with E-state index in [1.165, 1.54) is 18.4 Å². The first-order valence-corrected chi connectivity index (χ1v) is 12.7. The molecule has 174 valence electrons. The van der Waals surface area contributed by atoms with E-state index in [2.05, 4.69) is 20.8 Å². The van der Waals surface area contributed by atoms with E-state index in [-0.39, 0.29) is 28.8 Å². The number of aliphatic hydroxyl groups excluding tert-OH is 1. The Morgan fingerprint density at radius 3 is 2.55 bits per heavy atom. The molecule has 9 atom stereocenters. The molecule has 0 amide bonds. The molecule has 3 fully saturated rings. The topological polar surface area (TPSA) is 74.6 Å². The second kappa shape index (κ2) is 8.32. The third-order valence-corrected chi connectivity index (χ3v) is 10.4. The van der Waals surface area contributed by atoms with Crippen LogP contribution < -0.4 is 0 Å². The van der Waals surface area contributed by atoms with Gasteiger partial charge in [-0.15, -0.1) is 0 Å². The fraction of sp³-hybridized carbons (Fsp3) is 0.852. The van der Waals surface area contributed by atoms with Crippen LogP contribution >= 0.6 is 0 Å². The first kappa shape index (κ1) is 23.0. The van der Waals surface area contributed by atoms with Gasteiger partial charge in [0.25, 0.3) is 0 Å². The maximum atomic E-state index is 13.4. The molecule has 31 heavy (non-hydrogen) atoms. The molecule has 0 heterocycles. The molecule has 0 aromatic carbocycles. The van der Waals surface area contributed by atoms with Gasteiger partial charge < -0.3 is 10.2 Å². The summed E-state index contributed by atoms with van der Waals surface area (Å²) < 4.78 is 0. The Balaban J connectivity index is 1.49. The number of carboxylic acids is 1. The highest BCUT2D eigenvalue weighted by atomic mass is 16.4. The van der Waals surface area contributed by atoms with Crippen LogP contribution in [0.15, 0.2) is 11.6 Å². The van der Waals surface area contributed by atoms with Gasteiger partial charge in [-0.25, -0.2) is 0 Å². The number of fused-ring (bicyclic) bond motifs is 5. The minimum Gasteiger partial charge on any atom is -0.481 e. The summed E-state index contributed by atoms with van der Waals surface area (Å²) in [5.74, 6) is 1.69. The molecular formula is C27H42O4.